The van der Waals surface area contributed by atoms with Crippen LogP contribution in [0, 0.1) is 0 Å². The fourth-order valence-corrected chi connectivity index (χ4v) is 6.22. The molecule has 4 heteroatoms. The Labute approximate surface area is 263 Å². The smallest absolute Gasteiger partial charge is 0.0712 e. The summed E-state index contributed by atoms with van der Waals surface area (Å²) in [4.78, 5) is 5.14. The second-order valence-electron chi connectivity index (χ2n) is 11.2. The lowest BCUT2D eigenvalue weighted by Gasteiger charge is -2.13. The number of benzene rings is 5. The first-order valence-electron chi connectivity index (χ1n) is 15.2. The largest absolute Gasteiger partial charge is 0.405 e. The Hall–Kier alpha value is -5.87. The quantitative estimate of drug-likeness (QED) is 0.145. The van der Waals surface area contributed by atoms with Crippen LogP contribution in [-0.2, 0) is 6.42 Å². The van der Waals surface area contributed by atoms with Crippen molar-refractivity contribution in [2.75, 3.05) is 5.73 Å². The molecule has 2 heterocycles. The van der Waals surface area contributed by atoms with E-state index >= 15 is 0 Å². The van der Waals surface area contributed by atoms with Gasteiger partial charge >= 0.3 is 0 Å². The van der Waals surface area contributed by atoms with Crippen molar-refractivity contribution in [2.45, 2.75) is 13.3 Å². The second kappa shape index (κ2) is 12.0. The van der Waals surface area contributed by atoms with Crippen LogP contribution in [0.2, 0.25) is 0 Å². The molecule has 218 valence electrons. The standard InChI is InChI=1S/C41H34N4/c1-2-11-40-41(43)37-17-7-8-18-39(37)45(40)34-15-10-13-31(26-34)38-27-32(25-33(44-38)14-4-3-9-23-42)29-21-22-36-30(24-29)20-19-28-12-5-6-16-35(28)36/h2-13,15-27H,14,42-43H2,1H3/b4-3-,11-2-,23-9-. The lowest BCUT2D eigenvalue weighted by Crippen LogP contribution is -1.99. The summed E-state index contributed by atoms with van der Waals surface area (Å²) in [5.74, 6) is 0. The number of hydrogen-bond donors (Lipinski definition) is 2. The molecule has 0 aliphatic rings. The van der Waals surface area contributed by atoms with E-state index < -0.39 is 0 Å². The van der Waals surface area contributed by atoms with Crippen LogP contribution >= 0.6 is 0 Å². The van der Waals surface area contributed by atoms with Crippen molar-refractivity contribution in [2.24, 2.45) is 5.73 Å². The van der Waals surface area contributed by atoms with Crippen LogP contribution in [0.3, 0.4) is 0 Å². The molecule has 45 heavy (non-hydrogen) atoms. The van der Waals surface area contributed by atoms with Gasteiger partial charge in [-0.2, -0.15) is 0 Å². The van der Waals surface area contributed by atoms with Gasteiger partial charge in [0.1, 0.15) is 0 Å². The van der Waals surface area contributed by atoms with Gasteiger partial charge in [0, 0.05) is 28.8 Å². The molecule has 0 unspecified atom stereocenters. The SMILES string of the molecule is C/C=C\c1c(N)c2ccccc2n1-c1cccc(-c2cc(-c3ccc4c(ccc5ccccc54)c3)cc(C/C=C\C=C/N)n2)c1. The first-order chi connectivity index (χ1) is 22.1. The predicted molar refractivity (Wildman–Crippen MR) is 192 cm³/mol. The third-order valence-corrected chi connectivity index (χ3v) is 8.32. The van der Waals surface area contributed by atoms with Crippen LogP contribution in [0.1, 0.15) is 18.3 Å². The van der Waals surface area contributed by atoms with Crippen molar-refractivity contribution in [3.05, 3.63) is 157 Å². The molecule has 0 amide bonds. The number of nitrogens with zero attached hydrogens (tertiary/aromatic N) is 2. The van der Waals surface area contributed by atoms with Gasteiger partial charge in [0.15, 0.2) is 0 Å². The summed E-state index contributed by atoms with van der Waals surface area (Å²) in [6, 6.07) is 40.9. The average Bonchev–Trinajstić information content (AvgIpc) is 3.37. The van der Waals surface area contributed by atoms with Crippen molar-refractivity contribution in [1.29, 1.82) is 0 Å². The normalized spacial score (nSPS) is 12.1. The van der Waals surface area contributed by atoms with E-state index in [2.05, 4.69) is 126 Å². The zero-order chi connectivity index (χ0) is 30.8. The van der Waals surface area contributed by atoms with Crippen molar-refractivity contribution in [3.8, 4) is 28.1 Å². The molecule has 0 saturated carbocycles. The molecule has 0 aliphatic carbocycles. The summed E-state index contributed by atoms with van der Waals surface area (Å²) in [6.45, 7) is 2.02. The third kappa shape index (κ3) is 5.28. The summed E-state index contributed by atoms with van der Waals surface area (Å²) in [5.41, 5.74) is 21.3. The molecular weight excluding hydrogens is 548 g/mol. The lowest BCUT2D eigenvalue weighted by molar-refractivity contribution is 1.10. The number of aromatic nitrogens is 2. The number of hydrogen-bond acceptors (Lipinski definition) is 3. The zero-order valence-electron chi connectivity index (χ0n) is 25.2. The molecule has 4 nitrogen and oxygen atoms in total. The number of para-hydroxylation sites is 1. The molecule has 0 radical (unpaired) electrons. The van der Waals surface area contributed by atoms with Gasteiger partial charge in [0.2, 0.25) is 0 Å². The van der Waals surface area contributed by atoms with E-state index in [9.17, 15) is 0 Å². The van der Waals surface area contributed by atoms with Gasteiger partial charge in [0.05, 0.1) is 22.6 Å². The number of nitrogen functional groups attached to an aromatic ring is 1. The van der Waals surface area contributed by atoms with E-state index in [1.165, 1.54) is 27.7 Å². The molecule has 0 spiro atoms. The van der Waals surface area contributed by atoms with Crippen molar-refractivity contribution in [3.63, 3.8) is 0 Å². The number of pyridine rings is 1. The number of fused-ring (bicyclic) bond motifs is 4. The summed E-state index contributed by atoms with van der Waals surface area (Å²) in [7, 11) is 0. The molecule has 2 aromatic heterocycles. The van der Waals surface area contributed by atoms with Crippen LogP contribution in [-0.4, -0.2) is 9.55 Å². The van der Waals surface area contributed by atoms with Gasteiger partial charge in [-0.15, -0.1) is 0 Å². The Balaban J connectivity index is 1.37. The zero-order valence-corrected chi connectivity index (χ0v) is 25.2. The molecule has 0 bridgehead atoms. The van der Waals surface area contributed by atoms with E-state index in [0.717, 1.165) is 56.0 Å². The summed E-state index contributed by atoms with van der Waals surface area (Å²) < 4.78 is 2.23. The highest BCUT2D eigenvalue weighted by Gasteiger charge is 2.15. The Morgan fingerprint density at radius 1 is 0.689 bits per heavy atom. The highest BCUT2D eigenvalue weighted by atomic mass is 15.0. The molecule has 0 saturated heterocycles. The van der Waals surface area contributed by atoms with E-state index in [1.807, 2.05) is 31.2 Å². The van der Waals surface area contributed by atoms with Gasteiger partial charge in [0.25, 0.3) is 0 Å². The summed E-state index contributed by atoms with van der Waals surface area (Å²) in [6.07, 6.45) is 12.2. The molecule has 0 aliphatic heterocycles. The van der Waals surface area contributed by atoms with Gasteiger partial charge < -0.3 is 16.0 Å². The highest BCUT2D eigenvalue weighted by molar-refractivity contribution is 6.08. The fraction of sp³-hybridized carbons (Fsp3) is 0.0488. The predicted octanol–water partition coefficient (Wildman–Crippen LogP) is 9.85. The van der Waals surface area contributed by atoms with Crippen LogP contribution < -0.4 is 11.5 Å². The van der Waals surface area contributed by atoms with Crippen LogP contribution in [0.25, 0.3) is 66.6 Å². The van der Waals surface area contributed by atoms with Gasteiger partial charge in [-0.1, -0.05) is 97.1 Å². The second-order valence-corrected chi connectivity index (χ2v) is 11.2. The Bertz CT molecular complexity index is 2280. The van der Waals surface area contributed by atoms with Crippen molar-refractivity contribution in [1.82, 2.24) is 9.55 Å². The number of allylic oxidation sites excluding steroid dienone is 4. The summed E-state index contributed by atoms with van der Waals surface area (Å²) >= 11 is 0. The minimum Gasteiger partial charge on any atom is -0.405 e. The Morgan fingerprint density at radius 3 is 2.36 bits per heavy atom. The maximum atomic E-state index is 6.65. The van der Waals surface area contributed by atoms with E-state index in [0.29, 0.717) is 6.42 Å². The molecule has 7 rings (SSSR count). The molecule has 7 aromatic rings. The van der Waals surface area contributed by atoms with Crippen LogP contribution in [0.4, 0.5) is 5.69 Å². The molecular formula is C41H34N4. The monoisotopic (exact) mass is 582 g/mol. The maximum absolute atomic E-state index is 6.65. The molecule has 0 atom stereocenters. The summed E-state index contributed by atoms with van der Waals surface area (Å²) in [5, 5.41) is 6.03. The van der Waals surface area contributed by atoms with E-state index in [4.69, 9.17) is 16.5 Å². The first kappa shape index (κ1) is 27.9. The van der Waals surface area contributed by atoms with Gasteiger partial charge in [-0.25, -0.2) is 0 Å². The minimum atomic E-state index is 0.688. The highest BCUT2D eigenvalue weighted by Crippen LogP contribution is 2.35. The first-order valence-corrected chi connectivity index (χ1v) is 15.2. The maximum Gasteiger partial charge on any atom is 0.0712 e. The number of rotatable bonds is 7. The Kier molecular flexibility index (Phi) is 7.46. The topological polar surface area (TPSA) is 69.9 Å². The van der Waals surface area contributed by atoms with Crippen molar-refractivity contribution < 1.29 is 0 Å². The third-order valence-electron chi connectivity index (χ3n) is 8.32. The number of nitrogens with two attached hydrogens (primary N) is 2. The Morgan fingerprint density at radius 2 is 1.49 bits per heavy atom. The lowest BCUT2D eigenvalue weighted by atomic mass is 9.96. The van der Waals surface area contributed by atoms with E-state index in [-0.39, 0.29) is 0 Å². The number of anilines is 1. The van der Waals surface area contributed by atoms with Crippen molar-refractivity contribution >= 4 is 44.2 Å². The van der Waals surface area contributed by atoms with Crippen LogP contribution in [0.15, 0.2) is 146 Å². The molecule has 5 aromatic carbocycles. The fourth-order valence-electron chi connectivity index (χ4n) is 6.22. The van der Waals surface area contributed by atoms with Gasteiger partial charge in [-0.3, -0.25) is 4.98 Å². The van der Waals surface area contributed by atoms with Gasteiger partial charge in [-0.05, 0) is 94.3 Å². The van der Waals surface area contributed by atoms with Crippen LogP contribution in [0.5, 0.6) is 0 Å². The molecule has 4 N–H and O–H groups in total. The average molecular weight is 583 g/mol. The van der Waals surface area contributed by atoms with E-state index in [1.54, 1.807) is 0 Å². The molecule has 0 fully saturated rings. The minimum absolute atomic E-state index is 0.688.